The smallest absolute Gasteiger partial charge is 0.394 e. The molecule has 19 heavy (non-hydrogen) atoms. The van der Waals surface area contributed by atoms with Crippen LogP contribution in [0.1, 0.15) is 19.5 Å². The first-order valence-corrected chi connectivity index (χ1v) is 5.56. The van der Waals surface area contributed by atoms with Gasteiger partial charge in [0.05, 0.1) is 12.1 Å². The van der Waals surface area contributed by atoms with E-state index in [9.17, 15) is 18.0 Å². The highest BCUT2D eigenvalue weighted by Crippen LogP contribution is 2.27. The number of hydrogen-bond acceptors (Lipinski definition) is 3. The van der Waals surface area contributed by atoms with Gasteiger partial charge in [0.25, 0.3) is 0 Å². The van der Waals surface area contributed by atoms with Crippen molar-refractivity contribution < 1.29 is 23.1 Å². The van der Waals surface area contributed by atoms with Gasteiger partial charge in [-0.1, -0.05) is 0 Å². The van der Waals surface area contributed by atoms with Crippen molar-refractivity contribution in [2.75, 3.05) is 13.7 Å². The molecule has 0 saturated heterocycles. The molecule has 5 nitrogen and oxygen atoms in total. The van der Waals surface area contributed by atoms with E-state index in [4.69, 9.17) is 5.11 Å². The Morgan fingerprint density at radius 2 is 2.05 bits per heavy atom. The summed E-state index contributed by atoms with van der Waals surface area (Å²) in [5.74, 6) is -0.434. The van der Waals surface area contributed by atoms with E-state index in [0.29, 0.717) is 0 Å². The van der Waals surface area contributed by atoms with Crippen LogP contribution >= 0.6 is 0 Å². The number of halogens is 3. The topological polar surface area (TPSA) is 58.4 Å². The Labute approximate surface area is 108 Å². The lowest BCUT2D eigenvalue weighted by Gasteiger charge is -2.33. The molecule has 1 aromatic heterocycles. The summed E-state index contributed by atoms with van der Waals surface area (Å²) in [5.41, 5.74) is -1.82. The third-order valence-electron chi connectivity index (χ3n) is 2.90. The van der Waals surface area contributed by atoms with Gasteiger partial charge in [0.15, 0.2) is 5.69 Å². The summed E-state index contributed by atoms with van der Waals surface area (Å²) >= 11 is 0. The van der Waals surface area contributed by atoms with Gasteiger partial charge in [-0.15, -0.1) is 0 Å². The lowest BCUT2D eigenvalue weighted by Crippen LogP contribution is -2.48. The Bertz CT molecular complexity index is 454. The number of rotatable bonds is 4. The maximum atomic E-state index is 12.3. The van der Waals surface area contributed by atoms with Gasteiger partial charge in [-0.2, -0.15) is 18.3 Å². The molecule has 8 heteroatoms. The van der Waals surface area contributed by atoms with Gasteiger partial charge >= 0.3 is 6.18 Å². The molecule has 0 spiro atoms. The molecule has 0 fully saturated rings. The second-order valence-electron chi connectivity index (χ2n) is 4.82. The summed E-state index contributed by atoms with van der Waals surface area (Å²) in [6, 6.07) is 0.810. The normalized spacial score (nSPS) is 12.6. The fourth-order valence-corrected chi connectivity index (χ4v) is 1.29. The van der Waals surface area contributed by atoms with E-state index in [1.54, 1.807) is 13.8 Å². The summed E-state index contributed by atoms with van der Waals surface area (Å²) in [5, 5.41) is 12.4. The van der Waals surface area contributed by atoms with Crippen LogP contribution in [0.3, 0.4) is 0 Å². The minimum atomic E-state index is -4.52. The Kier molecular flexibility index (Phi) is 4.24. The van der Waals surface area contributed by atoms with E-state index in [0.717, 1.165) is 16.9 Å². The lowest BCUT2D eigenvalue weighted by atomic mass is 10.1. The van der Waals surface area contributed by atoms with Crippen molar-refractivity contribution in [2.45, 2.75) is 32.1 Å². The second kappa shape index (κ2) is 5.20. The minimum absolute atomic E-state index is 0.248. The predicted octanol–water partition coefficient (Wildman–Crippen LogP) is 1.13. The highest BCUT2D eigenvalue weighted by Gasteiger charge is 2.34. The van der Waals surface area contributed by atoms with Crippen molar-refractivity contribution in [1.29, 1.82) is 0 Å². The van der Waals surface area contributed by atoms with Crippen molar-refractivity contribution in [3.63, 3.8) is 0 Å². The number of carbonyl (C=O) groups excluding carboxylic acids is 1. The molecule has 1 N–H and O–H groups in total. The standard InChI is InChI=1S/C11H16F3N3O2/c1-10(2,7-18)16(3)9(19)6-17-5-4-8(15-17)11(12,13)14/h4-5,18H,6-7H2,1-3H3. The van der Waals surface area contributed by atoms with Gasteiger partial charge in [-0.05, 0) is 19.9 Å². The molecular weight excluding hydrogens is 263 g/mol. The number of nitrogens with zero attached hydrogens (tertiary/aromatic N) is 3. The second-order valence-corrected chi connectivity index (χ2v) is 4.82. The molecule has 0 atom stereocenters. The van der Waals surface area contributed by atoms with Crippen LogP contribution in [0.4, 0.5) is 13.2 Å². The van der Waals surface area contributed by atoms with Crippen LogP contribution in [0.15, 0.2) is 12.3 Å². The third kappa shape index (κ3) is 3.69. The highest BCUT2D eigenvalue weighted by atomic mass is 19.4. The zero-order valence-electron chi connectivity index (χ0n) is 10.9. The minimum Gasteiger partial charge on any atom is -0.394 e. The molecule has 0 aliphatic carbocycles. The predicted molar refractivity (Wildman–Crippen MR) is 61.2 cm³/mol. The van der Waals surface area contributed by atoms with E-state index in [1.165, 1.54) is 11.9 Å². The number of hydrogen-bond donors (Lipinski definition) is 1. The summed E-state index contributed by atoms with van der Waals surface area (Å²) in [6.45, 7) is 2.74. The van der Waals surface area contributed by atoms with Gasteiger partial charge in [0, 0.05) is 13.2 Å². The first-order chi connectivity index (χ1) is 8.58. The average Bonchev–Trinajstić information content (AvgIpc) is 2.76. The number of carbonyl (C=O) groups is 1. The van der Waals surface area contributed by atoms with E-state index >= 15 is 0 Å². The van der Waals surface area contributed by atoms with Crippen LogP contribution in [0, 0.1) is 0 Å². The van der Waals surface area contributed by atoms with Crippen LogP contribution in [0.5, 0.6) is 0 Å². The molecule has 0 aliphatic heterocycles. The summed E-state index contributed by atoms with van der Waals surface area (Å²) < 4.78 is 37.9. The molecule has 1 amide bonds. The first kappa shape index (κ1) is 15.5. The average molecular weight is 279 g/mol. The van der Waals surface area contributed by atoms with Gasteiger partial charge in [-0.25, -0.2) is 0 Å². The largest absolute Gasteiger partial charge is 0.435 e. The molecule has 0 bridgehead atoms. The maximum Gasteiger partial charge on any atom is 0.435 e. The monoisotopic (exact) mass is 279 g/mol. The summed E-state index contributed by atoms with van der Waals surface area (Å²) in [4.78, 5) is 13.1. The number of aromatic nitrogens is 2. The summed E-state index contributed by atoms with van der Waals surface area (Å²) in [6.07, 6.45) is -3.43. The molecule has 1 heterocycles. The molecule has 0 radical (unpaired) electrons. The van der Waals surface area contributed by atoms with Crippen LogP contribution in [-0.2, 0) is 17.5 Å². The van der Waals surface area contributed by atoms with Gasteiger partial charge in [0.2, 0.25) is 5.91 Å². The van der Waals surface area contributed by atoms with Crippen molar-refractivity contribution in [1.82, 2.24) is 14.7 Å². The van der Waals surface area contributed by atoms with Crippen molar-refractivity contribution in [3.05, 3.63) is 18.0 Å². The maximum absolute atomic E-state index is 12.3. The molecule has 0 aromatic carbocycles. The molecular formula is C11H16F3N3O2. The molecule has 1 aromatic rings. The zero-order valence-corrected chi connectivity index (χ0v) is 10.9. The molecule has 108 valence electrons. The lowest BCUT2D eigenvalue weighted by molar-refractivity contribution is -0.142. The molecule has 0 unspecified atom stereocenters. The van der Waals surface area contributed by atoms with Crippen LogP contribution in [0.25, 0.3) is 0 Å². The van der Waals surface area contributed by atoms with Gasteiger partial charge < -0.3 is 10.0 Å². The Morgan fingerprint density at radius 3 is 2.47 bits per heavy atom. The number of amides is 1. The molecule has 1 rings (SSSR count). The number of alkyl halides is 3. The van der Waals surface area contributed by atoms with E-state index in [1.807, 2.05) is 0 Å². The summed E-state index contributed by atoms with van der Waals surface area (Å²) in [7, 11) is 1.48. The Morgan fingerprint density at radius 1 is 1.47 bits per heavy atom. The zero-order chi connectivity index (χ0) is 14.8. The Hall–Kier alpha value is -1.57. The Balaban J connectivity index is 2.76. The van der Waals surface area contributed by atoms with Crippen molar-refractivity contribution >= 4 is 5.91 Å². The van der Waals surface area contributed by atoms with E-state index < -0.39 is 23.3 Å². The van der Waals surface area contributed by atoms with E-state index in [-0.39, 0.29) is 13.2 Å². The van der Waals surface area contributed by atoms with Crippen molar-refractivity contribution in [3.8, 4) is 0 Å². The quantitative estimate of drug-likeness (QED) is 0.899. The number of aliphatic hydroxyl groups excluding tert-OH is 1. The van der Waals surface area contributed by atoms with E-state index in [2.05, 4.69) is 5.10 Å². The third-order valence-corrected chi connectivity index (χ3v) is 2.90. The molecule has 0 aliphatic rings. The first-order valence-electron chi connectivity index (χ1n) is 5.56. The fraction of sp³-hybridized carbons (Fsp3) is 0.636. The highest BCUT2D eigenvalue weighted by molar-refractivity contribution is 5.76. The SMILES string of the molecule is CN(C(=O)Cn1ccc(C(F)(F)F)n1)C(C)(C)CO. The fourth-order valence-electron chi connectivity index (χ4n) is 1.29. The van der Waals surface area contributed by atoms with Crippen molar-refractivity contribution in [2.24, 2.45) is 0 Å². The number of likely N-dealkylation sites (N-methyl/N-ethyl adjacent to an activating group) is 1. The van der Waals surface area contributed by atoms with Crippen LogP contribution in [0.2, 0.25) is 0 Å². The van der Waals surface area contributed by atoms with Gasteiger partial charge in [0.1, 0.15) is 6.54 Å². The molecule has 0 saturated carbocycles. The number of aliphatic hydroxyl groups is 1. The van der Waals surface area contributed by atoms with Gasteiger partial charge in [-0.3, -0.25) is 9.48 Å². The van der Waals surface area contributed by atoms with Crippen LogP contribution in [-0.4, -0.2) is 44.9 Å². The van der Waals surface area contributed by atoms with Crippen LogP contribution < -0.4 is 0 Å².